The number of carbonyl (C=O) groups is 1. The van der Waals surface area contributed by atoms with E-state index < -0.39 is 5.56 Å². The van der Waals surface area contributed by atoms with Crippen LogP contribution in [0.1, 0.15) is 0 Å². The van der Waals surface area contributed by atoms with Crippen LogP contribution in [0.3, 0.4) is 0 Å². The van der Waals surface area contributed by atoms with E-state index in [0.717, 1.165) is 10.2 Å². The van der Waals surface area contributed by atoms with Crippen molar-refractivity contribution in [3.05, 3.63) is 40.7 Å². The minimum Gasteiger partial charge on any atom is -0.497 e. The number of amides is 1. The van der Waals surface area contributed by atoms with E-state index in [1.807, 2.05) is 12.1 Å². The Morgan fingerprint density at radius 3 is 2.35 bits per heavy atom. The van der Waals surface area contributed by atoms with Gasteiger partial charge in [-0.05, 0) is 24.3 Å². The first-order valence-electron chi connectivity index (χ1n) is 6.97. The molecule has 0 atom stereocenters. The summed E-state index contributed by atoms with van der Waals surface area (Å²) in [5.41, 5.74) is 0.851. The van der Waals surface area contributed by atoms with Crippen LogP contribution in [0.5, 0.6) is 11.5 Å². The molecular weight excluding hydrogens is 298 g/mol. The zero-order valence-electron chi connectivity index (χ0n) is 13.6. The molecule has 1 amide bonds. The molecule has 122 valence electrons. The maximum Gasteiger partial charge on any atom is 0.270 e. The van der Waals surface area contributed by atoms with E-state index in [4.69, 9.17) is 9.47 Å². The van der Waals surface area contributed by atoms with Crippen LogP contribution in [0.4, 0.5) is 0 Å². The molecule has 1 aromatic heterocycles. The lowest BCUT2D eigenvalue weighted by Crippen LogP contribution is -2.33. The van der Waals surface area contributed by atoms with Gasteiger partial charge in [-0.3, -0.25) is 9.59 Å². The highest BCUT2D eigenvalue weighted by Crippen LogP contribution is 2.27. The third-order valence-electron chi connectivity index (χ3n) is 3.33. The fourth-order valence-electron chi connectivity index (χ4n) is 1.96. The summed E-state index contributed by atoms with van der Waals surface area (Å²) in [7, 11) is 6.31. The van der Waals surface area contributed by atoms with E-state index >= 15 is 0 Å². The Labute approximate surface area is 134 Å². The molecule has 0 aliphatic heterocycles. The highest BCUT2D eigenvalue weighted by molar-refractivity contribution is 5.75. The Hall–Kier alpha value is -2.83. The zero-order valence-corrected chi connectivity index (χ0v) is 13.6. The number of rotatable bonds is 5. The van der Waals surface area contributed by atoms with Crippen molar-refractivity contribution in [2.75, 3.05) is 28.3 Å². The van der Waals surface area contributed by atoms with Gasteiger partial charge in [-0.1, -0.05) is 0 Å². The highest BCUT2D eigenvalue weighted by atomic mass is 16.5. The van der Waals surface area contributed by atoms with Crippen molar-refractivity contribution in [2.45, 2.75) is 6.54 Å². The number of likely N-dealkylation sites (N-methyl/N-ethyl adjacent to an activating group) is 1. The number of ether oxygens (including phenoxy) is 2. The van der Waals surface area contributed by atoms with E-state index in [9.17, 15) is 9.59 Å². The predicted octanol–water partition coefficient (Wildman–Crippen LogP) is 1.02. The Bertz CT molecular complexity index is 751. The van der Waals surface area contributed by atoms with Crippen LogP contribution in [-0.4, -0.2) is 48.9 Å². The van der Waals surface area contributed by atoms with E-state index in [-0.39, 0.29) is 12.5 Å². The smallest absolute Gasteiger partial charge is 0.270 e. The summed E-state index contributed by atoms with van der Waals surface area (Å²) in [6.45, 7) is -0.126. The molecule has 0 radical (unpaired) electrons. The van der Waals surface area contributed by atoms with Gasteiger partial charge in [-0.25, -0.2) is 4.68 Å². The van der Waals surface area contributed by atoms with E-state index in [0.29, 0.717) is 17.2 Å². The lowest BCUT2D eigenvalue weighted by Gasteiger charge is -2.13. The number of nitrogens with zero attached hydrogens (tertiary/aromatic N) is 3. The number of carbonyl (C=O) groups excluding carboxylic acids is 1. The quantitative estimate of drug-likeness (QED) is 0.823. The van der Waals surface area contributed by atoms with Gasteiger partial charge in [0.2, 0.25) is 5.91 Å². The Morgan fingerprint density at radius 1 is 1.17 bits per heavy atom. The van der Waals surface area contributed by atoms with Gasteiger partial charge in [-0.15, -0.1) is 0 Å². The molecule has 7 heteroatoms. The molecule has 0 saturated heterocycles. The predicted molar refractivity (Wildman–Crippen MR) is 85.7 cm³/mol. The molecule has 0 bridgehead atoms. The van der Waals surface area contributed by atoms with Crippen molar-refractivity contribution in [3.8, 4) is 22.8 Å². The SMILES string of the molecule is COc1ccc(-c2nn(CC(=O)N(C)C)c(=O)cc2OC)cc1. The largest absolute Gasteiger partial charge is 0.497 e. The fraction of sp³-hybridized carbons (Fsp3) is 0.312. The van der Waals surface area contributed by atoms with E-state index in [1.165, 1.54) is 18.1 Å². The van der Waals surface area contributed by atoms with Crippen molar-refractivity contribution >= 4 is 5.91 Å². The average molecular weight is 317 g/mol. The average Bonchev–Trinajstić information content (AvgIpc) is 2.56. The van der Waals surface area contributed by atoms with Gasteiger partial charge < -0.3 is 14.4 Å². The molecule has 0 aliphatic rings. The number of aromatic nitrogens is 2. The minimum absolute atomic E-state index is 0.126. The Balaban J connectivity index is 2.48. The molecular formula is C16H19N3O4. The lowest BCUT2D eigenvalue weighted by atomic mass is 10.1. The first kappa shape index (κ1) is 16.5. The van der Waals surface area contributed by atoms with E-state index in [1.54, 1.807) is 33.3 Å². The molecule has 1 heterocycles. The van der Waals surface area contributed by atoms with Crippen LogP contribution in [0.15, 0.2) is 35.1 Å². The Morgan fingerprint density at radius 2 is 1.83 bits per heavy atom. The number of hydrogen-bond donors (Lipinski definition) is 0. The molecule has 2 aromatic rings. The number of benzene rings is 1. The normalized spacial score (nSPS) is 10.3. The van der Waals surface area contributed by atoms with Crippen molar-refractivity contribution in [1.82, 2.24) is 14.7 Å². The third-order valence-corrected chi connectivity index (χ3v) is 3.33. The van der Waals surface area contributed by atoms with Crippen molar-refractivity contribution < 1.29 is 14.3 Å². The van der Waals surface area contributed by atoms with Crippen LogP contribution < -0.4 is 15.0 Å². The van der Waals surface area contributed by atoms with Crippen LogP contribution in [0.2, 0.25) is 0 Å². The van der Waals surface area contributed by atoms with Gasteiger partial charge in [0.05, 0.1) is 14.2 Å². The second kappa shape index (κ2) is 6.95. The molecule has 0 saturated carbocycles. The summed E-state index contributed by atoms with van der Waals surface area (Å²) >= 11 is 0. The number of hydrogen-bond acceptors (Lipinski definition) is 5. The van der Waals surface area contributed by atoms with Gasteiger partial charge in [0.15, 0.2) is 5.75 Å². The monoisotopic (exact) mass is 317 g/mol. The molecule has 0 N–H and O–H groups in total. The Kier molecular flexibility index (Phi) is 5.00. The second-order valence-electron chi connectivity index (χ2n) is 5.07. The third kappa shape index (κ3) is 3.68. The topological polar surface area (TPSA) is 73.7 Å². The second-order valence-corrected chi connectivity index (χ2v) is 5.07. The molecule has 7 nitrogen and oxygen atoms in total. The number of methoxy groups -OCH3 is 2. The molecule has 1 aromatic carbocycles. The molecule has 0 aliphatic carbocycles. The van der Waals surface area contributed by atoms with Crippen LogP contribution in [-0.2, 0) is 11.3 Å². The summed E-state index contributed by atoms with van der Waals surface area (Å²) < 4.78 is 11.5. The summed E-state index contributed by atoms with van der Waals surface area (Å²) in [6.07, 6.45) is 0. The van der Waals surface area contributed by atoms with Gasteiger partial charge in [0.25, 0.3) is 5.56 Å². The minimum atomic E-state index is -0.394. The van der Waals surface area contributed by atoms with Crippen LogP contribution in [0, 0.1) is 0 Å². The zero-order chi connectivity index (χ0) is 17.0. The first-order chi connectivity index (χ1) is 11.0. The van der Waals surface area contributed by atoms with Crippen molar-refractivity contribution in [2.24, 2.45) is 0 Å². The molecule has 2 rings (SSSR count). The molecule has 23 heavy (non-hydrogen) atoms. The van der Waals surface area contributed by atoms with Crippen LogP contribution >= 0.6 is 0 Å². The van der Waals surface area contributed by atoms with Gasteiger partial charge in [-0.2, -0.15) is 5.10 Å². The summed E-state index contributed by atoms with van der Waals surface area (Å²) in [5.74, 6) is 0.850. The molecule has 0 fully saturated rings. The maximum atomic E-state index is 12.1. The maximum absolute atomic E-state index is 12.1. The highest BCUT2D eigenvalue weighted by Gasteiger charge is 2.14. The van der Waals surface area contributed by atoms with Crippen molar-refractivity contribution in [3.63, 3.8) is 0 Å². The molecule has 0 spiro atoms. The summed E-state index contributed by atoms with van der Waals surface area (Å²) in [6, 6.07) is 8.53. The lowest BCUT2D eigenvalue weighted by molar-refractivity contribution is -0.129. The first-order valence-corrected chi connectivity index (χ1v) is 6.97. The van der Waals surface area contributed by atoms with E-state index in [2.05, 4.69) is 5.10 Å². The molecule has 0 unspecified atom stereocenters. The van der Waals surface area contributed by atoms with Gasteiger partial charge in [0, 0.05) is 25.7 Å². The van der Waals surface area contributed by atoms with Crippen molar-refractivity contribution in [1.29, 1.82) is 0 Å². The summed E-state index contributed by atoms with van der Waals surface area (Å²) in [5, 5.41) is 4.28. The summed E-state index contributed by atoms with van der Waals surface area (Å²) in [4.78, 5) is 25.3. The van der Waals surface area contributed by atoms with Gasteiger partial charge >= 0.3 is 0 Å². The standard InChI is InChI=1S/C16H19N3O4/c1-18(2)15(21)10-19-14(20)9-13(23-4)16(17-19)11-5-7-12(22-3)8-6-11/h5-9H,10H2,1-4H3. The fourth-order valence-corrected chi connectivity index (χ4v) is 1.96. The van der Waals surface area contributed by atoms with Crippen LogP contribution in [0.25, 0.3) is 11.3 Å². The van der Waals surface area contributed by atoms with Gasteiger partial charge in [0.1, 0.15) is 18.0 Å².